The fourth-order valence-corrected chi connectivity index (χ4v) is 3.58. The molecule has 0 aliphatic carbocycles. The summed E-state index contributed by atoms with van der Waals surface area (Å²) in [7, 11) is 0. The summed E-state index contributed by atoms with van der Waals surface area (Å²) >= 11 is 0. The zero-order valence-electron chi connectivity index (χ0n) is 16.0. The smallest absolute Gasteiger partial charge is 0.0731 e. The number of unbranched alkanes of at least 4 members (excludes halogenated alkanes) is 1. The third-order valence-electron chi connectivity index (χ3n) is 5.04. The summed E-state index contributed by atoms with van der Waals surface area (Å²) in [6.45, 7) is 4.37. The average Bonchev–Trinajstić information content (AvgIpc) is 2.68. The van der Waals surface area contributed by atoms with Crippen molar-refractivity contribution in [1.82, 2.24) is 4.98 Å². The number of aryl methyl sites for hydroxylation is 4. The van der Waals surface area contributed by atoms with Crippen LogP contribution in [0.1, 0.15) is 48.4 Å². The summed E-state index contributed by atoms with van der Waals surface area (Å²) in [6, 6.07) is 22.0. The van der Waals surface area contributed by atoms with Gasteiger partial charge in [0.2, 0.25) is 0 Å². The molecule has 2 aromatic carbocycles. The lowest BCUT2D eigenvalue weighted by molar-refractivity contribution is 0.727. The second-order valence-corrected chi connectivity index (χ2v) is 7.09. The van der Waals surface area contributed by atoms with E-state index in [1.165, 1.54) is 59.9 Å². The second-order valence-electron chi connectivity index (χ2n) is 7.09. The molecular weight excluding hydrogens is 314 g/mol. The molecule has 1 heterocycles. The molecule has 3 aromatic rings. The van der Waals surface area contributed by atoms with E-state index in [1.807, 2.05) is 12.3 Å². The summed E-state index contributed by atoms with van der Waals surface area (Å²) in [4.78, 5) is 4.51. The normalized spacial score (nSPS) is 10.8. The Hall–Kier alpha value is -2.41. The highest BCUT2D eigenvalue weighted by Gasteiger charge is 2.04. The largest absolute Gasteiger partial charge is 0.256 e. The number of benzene rings is 2. The lowest BCUT2D eigenvalue weighted by Crippen LogP contribution is -1.95. The van der Waals surface area contributed by atoms with E-state index in [-0.39, 0.29) is 0 Å². The summed E-state index contributed by atoms with van der Waals surface area (Å²) < 4.78 is 0. The molecule has 3 rings (SSSR count). The second kappa shape index (κ2) is 9.33. The minimum atomic E-state index is 1.09. The van der Waals surface area contributed by atoms with Crippen molar-refractivity contribution in [1.29, 1.82) is 0 Å². The fraction of sp³-hybridized carbons (Fsp3) is 0.320. The van der Waals surface area contributed by atoms with Crippen LogP contribution < -0.4 is 0 Å². The molecule has 0 aliphatic heterocycles. The molecule has 134 valence electrons. The van der Waals surface area contributed by atoms with E-state index >= 15 is 0 Å². The van der Waals surface area contributed by atoms with E-state index in [4.69, 9.17) is 0 Å². The summed E-state index contributed by atoms with van der Waals surface area (Å²) in [6.07, 6.45) is 9.12. The van der Waals surface area contributed by atoms with Crippen molar-refractivity contribution < 1.29 is 0 Å². The van der Waals surface area contributed by atoms with Crippen LogP contribution in [0.15, 0.2) is 66.9 Å². The van der Waals surface area contributed by atoms with Crippen LogP contribution in [0.2, 0.25) is 0 Å². The molecule has 0 saturated heterocycles. The number of nitrogens with zero attached hydrogens (tertiary/aromatic N) is 1. The topological polar surface area (TPSA) is 12.9 Å². The van der Waals surface area contributed by atoms with E-state index in [1.54, 1.807) is 0 Å². The first kappa shape index (κ1) is 18.4. The molecule has 0 aliphatic rings. The first-order valence-corrected chi connectivity index (χ1v) is 9.85. The number of hydrogen-bond donors (Lipinski definition) is 0. The van der Waals surface area contributed by atoms with Gasteiger partial charge in [-0.15, -0.1) is 0 Å². The van der Waals surface area contributed by atoms with Crippen LogP contribution in [0.25, 0.3) is 11.3 Å². The highest BCUT2D eigenvalue weighted by molar-refractivity contribution is 5.62. The van der Waals surface area contributed by atoms with Gasteiger partial charge in [-0.1, -0.05) is 67.9 Å². The molecule has 1 nitrogen and oxygen atoms in total. The molecule has 1 heteroatoms. The molecular formula is C25H29N. The van der Waals surface area contributed by atoms with Crippen molar-refractivity contribution in [3.8, 4) is 11.3 Å². The number of aromatic nitrogens is 1. The highest BCUT2D eigenvalue weighted by atomic mass is 14.7. The Kier molecular flexibility index (Phi) is 6.60. The molecule has 0 radical (unpaired) electrons. The fourth-order valence-electron chi connectivity index (χ4n) is 3.58. The third kappa shape index (κ3) is 4.82. The van der Waals surface area contributed by atoms with Crippen LogP contribution >= 0.6 is 0 Å². The van der Waals surface area contributed by atoms with Crippen molar-refractivity contribution in [3.63, 3.8) is 0 Å². The molecule has 0 saturated carbocycles. The van der Waals surface area contributed by atoms with Crippen molar-refractivity contribution >= 4 is 0 Å². The summed E-state index contributed by atoms with van der Waals surface area (Å²) in [5.41, 5.74) is 8.02. The van der Waals surface area contributed by atoms with Crippen LogP contribution in [-0.4, -0.2) is 4.98 Å². The molecule has 0 amide bonds. The zero-order valence-corrected chi connectivity index (χ0v) is 16.0. The quantitative estimate of drug-likeness (QED) is 0.421. The average molecular weight is 344 g/mol. The van der Waals surface area contributed by atoms with Gasteiger partial charge in [0.05, 0.1) is 5.69 Å². The Morgan fingerprint density at radius 3 is 2.12 bits per heavy atom. The SMILES string of the molecule is CCCc1ccccc1CCCCc1ccc(-c2ncccc2C)cc1. The highest BCUT2D eigenvalue weighted by Crippen LogP contribution is 2.21. The van der Waals surface area contributed by atoms with E-state index in [2.05, 4.69) is 73.4 Å². The van der Waals surface area contributed by atoms with Crippen molar-refractivity contribution in [2.24, 2.45) is 0 Å². The monoisotopic (exact) mass is 343 g/mol. The van der Waals surface area contributed by atoms with Gasteiger partial charge in [-0.3, -0.25) is 4.98 Å². The van der Waals surface area contributed by atoms with Crippen LogP contribution in [0, 0.1) is 6.92 Å². The van der Waals surface area contributed by atoms with E-state index in [9.17, 15) is 0 Å². The van der Waals surface area contributed by atoms with Gasteiger partial charge in [-0.25, -0.2) is 0 Å². The van der Waals surface area contributed by atoms with Crippen LogP contribution in [-0.2, 0) is 19.3 Å². The minimum Gasteiger partial charge on any atom is -0.256 e. The van der Waals surface area contributed by atoms with Gasteiger partial charge < -0.3 is 0 Å². The predicted molar refractivity (Wildman–Crippen MR) is 111 cm³/mol. The van der Waals surface area contributed by atoms with E-state index in [0.29, 0.717) is 0 Å². The number of pyridine rings is 1. The third-order valence-corrected chi connectivity index (χ3v) is 5.04. The van der Waals surface area contributed by atoms with Crippen LogP contribution in [0.4, 0.5) is 0 Å². The number of rotatable bonds is 8. The molecule has 0 N–H and O–H groups in total. The molecule has 0 bridgehead atoms. The first-order chi connectivity index (χ1) is 12.8. The Morgan fingerprint density at radius 1 is 0.731 bits per heavy atom. The maximum atomic E-state index is 4.51. The first-order valence-electron chi connectivity index (χ1n) is 9.85. The molecule has 1 aromatic heterocycles. The van der Waals surface area contributed by atoms with Gasteiger partial charge in [0.1, 0.15) is 0 Å². The van der Waals surface area contributed by atoms with Crippen molar-refractivity contribution in [3.05, 3.63) is 89.1 Å². The minimum absolute atomic E-state index is 1.09. The zero-order chi connectivity index (χ0) is 18.2. The van der Waals surface area contributed by atoms with Gasteiger partial charge in [-0.2, -0.15) is 0 Å². The molecule has 0 spiro atoms. The van der Waals surface area contributed by atoms with Crippen molar-refractivity contribution in [2.45, 2.75) is 52.4 Å². The Balaban J connectivity index is 1.52. The van der Waals surface area contributed by atoms with Gasteiger partial charge in [0, 0.05) is 11.8 Å². The summed E-state index contributed by atoms with van der Waals surface area (Å²) in [5.74, 6) is 0. The van der Waals surface area contributed by atoms with Gasteiger partial charge in [0.25, 0.3) is 0 Å². The molecule has 26 heavy (non-hydrogen) atoms. The lowest BCUT2D eigenvalue weighted by Gasteiger charge is -2.09. The number of hydrogen-bond acceptors (Lipinski definition) is 1. The van der Waals surface area contributed by atoms with Crippen LogP contribution in [0.5, 0.6) is 0 Å². The maximum Gasteiger partial charge on any atom is 0.0731 e. The molecule has 0 fully saturated rings. The Labute approximate surface area is 158 Å². The van der Waals surface area contributed by atoms with E-state index in [0.717, 1.165) is 12.1 Å². The van der Waals surface area contributed by atoms with Crippen molar-refractivity contribution in [2.75, 3.05) is 0 Å². The standard InChI is InChI=1S/C25H29N/c1-3-9-22-12-6-7-14-23(22)13-5-4-11-21-15-17-24(18-16-21)25-20(2)10-8-19-26-25/h6-8,10,12,14-19H,3-5,9,11,13H2,1-2H3. The van der Waals surface area contributed by atoms with E-state index < -0.39 is 0 Å². The predicted octanol–water partition coefficient (Wildman–Crippen LogP) is 6.57. The Bertz CT molecular complexity index is 818. The Morgan fingerprint density at radius 2 is 1.42 bits per heavy atom. The molecule has 0 atom stereocenters. The molecule has 0 unspecified atom stereocenters. The van der Waals surface area contributed by atoms with Gasteiger partial charge in [0.15, 0.2) is 0 Å². The van der Waals surface area contributed by atoms with Gasteiger partial charge >= 0.3 is 0 Å². The van der Waals surface area contributed by atoms with Crippen LogP contribution in [0.3, 0.4) is 0 Å². The lowest BCUT2D eigenvalue weighted by atomic mass is 9.97. The maximum absolute atomic E-state index is 4.51. The summed E-state index contributed by atoms with van der Waals surface area (Å²) in [5, 5.41) is 0. The van der Waals surface area contributed by atoms with Gasteiger partial charge in [-0.05, 0) is 67.3 Å².